The van der Waals surface area contributed by atoms with E-state index >= 15 is 0 Å². The van der Waals surface area contributed by atoms with Gasteiger partial charge in [0.15, 0.2) is 0 Å². The second-order valence-electron chi connectivity index (χ2n) is 5.24. The van der Waals surface area contributed by atoms with E-state index in [1.54, 1.807) is 7.11 Å². The Balaban J connectivity index is 1.82. The molecule has 0 spiro atoms. The zero-order valence-electron chi connectivity index (χ0n) is 12.6. The van der Waals surface area contributed by atoms with Crippen molar-refractivity contribution >= 4 is 5.69 Å². The van der Waals surface area contributed by atoms with Crippen LogP contribution in [-0.4, -0.2) is 58.3 Å². The molecular formula is C16H25N3O. The normalized spacial score (nSPS) is 16.2. The molecule has 0 radical (unpaired) electrons. The second-order valence-corrected chi connectivity index (χ2v) is 5.24. The van der Waals surface area contributed by atoms with E-state index in [4.69, 9.17) is 4.74 Å². The number of benzene rings is 1. The van der Waals surface area contributed by atoms with Crippen LogP contribution in [0.2, 0.25) is 0 Å². The predicted molar refractivity (Wildman–Crippen MR) is 84.7 cm³/mol. The quantitative estimate of drug-likeness (QED) is 0.798. The minimum atomic E-state index is 0.901. The molecule has 1 fully saturated rings. The molecule has 0 saturated carbocycles. The molecule has 4 nitrogen and oxygen atoms in total. The minimum Gasteiger partial charge on any atom is -0.497 e. The van der Waals surface area contributed by atoms with Crippen LogP contribution in [0.25, 0.3) is 0 Å². The lowest BCUT2D eigenvalue weighted by molar-refractivity contribution is 0.277. The first-order valence-corrected chi connectivity index (χ1v) is 7.15. The van der Waals surface area contributed by atoms with E-state index in [9.17, 15) is 0 Å². The average Bonchev–Trinajstić information content (AvgIpc) is 2.48. The highest BCUT2D eigenvalue weighted by Gasteiger charge is 2.17. The van der Waals surface area contributed by atoms with Gasteiger partial charge < -0.3 is 15.0 Å². The Hall–Kier alpha value is -1.52. The van der Waals surface area contributed by atoms with Gasteiger partial charge in [0, 0.05) is 45.0 Å². The average molecular weight is 275 g/mol. The molecule has 0 amide bonds. The number of anilines is 1. The maximum absolute atomic E-state index is 5.20. The maximum Gasteiger partial charge on any atom is 0.119 e. The number of ether oxygens (including phenoxy) is 1. The summed E-state index contributed by atoms with van der Waals surface area (Å²) in [4.78, 5) is 4.90. The lowest BCUT2D eigenvalue weighted by Crippen LogP contribution is -2.47. The van der Waals surface area contributed by atoms with Crippen molar-refractivity contribution in [1.82, 2.24) is 10.2 Å². The Morgan fingerprint density at radius 1 is 1.20 bits per heavy atom. The van der Waals surface area contributed by atoms with Gasteiger partial charge >= 0.3 is 0 Å². The molecule has 1 heterocycles. The summed E-state index contributed by atoms with van der Waals surface area (Å²) in [7, 11) is 3.67. The van der Waals surface area contributed by atoms with Gasteiger partial charge in [-0.1, -0.05) is 6.58 Å². The molecule has 2 rings (SSSR count). The van der Waals surface area contributed by atoms with Crippen molar-refractivity contribution in [3.05, 3.63) is 36.4 Å². The van der Waals surface area contributed by atoms with Gasteiger partial charge in [0.25, 0.3) is 0 Å². The fraction of sp³-hybridized carbons (Fsp3) is 0.500. The summed E-state index contributed by atoms with van der Waals surface area (Å²) < 4.78 is 5.20. The fourth-order valence-electron chi connectivity index (χ4n) is 2.58. The van der Waals surface area contributed by atoms with Crippen molar-refractivity contribution in [1.29, 1.82) is 0 Å². The van der Waals surface area contributed by atoms with E-state index in [2.05, 4.69) is 33.8 Å². The number of piperazine rings is 1. The molecule has 0 unspecified atom stereocenters. The second kappa shape index (κ2) is 7.31. The smallest absolute Gasteiger partial charge is 0.119 e. The van der Waals surface area contributed by atoms with Crippen LogP contribution >= 0.6 is 0 Å². The van der Waals surface area contributed by atoms with Crippen LogP contribution in [0.1, 0.15) is 0 Å². The molecule has 1 aromatic rings. The molecule has 4 heteroatoms. The van der Waals surface area contributed by atoms with Crippen molar-refractivity contribution in [3.8, 4) is 5.75 Å². The van der Waals surface area contributed by atoms with Gasteiger partial charge in [0.05, 0.1) is 7.11 Å². The summed E-state index contributed by atoms with van der Waals surface area (Å²) in [6.45, 7) is 10.3. The maximum atomic E-state index is 5.20. The Labute approximate surface area is 122 Å². The van der Waals surface area contributed by atoms with Crippen LogP contribution in [0.4, 0.5) is 5.69 Å². The predicted octanol–water partition coefficient (Wildman–Crippen LogP) is 1.59. The molecule has 0 bridgehead atoms. The summed E-state index contributed by atoms with van der Waals surface area (Å²) >= 11 is 0. The molecule has 1 aromatic carbocycles. The van der Waals surface area contributed by atoms with Gasteiger partial charge in [-0.3, -0.25) is 4.90 Å². The van der Waals surface area contributed by atoms with Gasteiger partial charge in [-0.15, -0.1) is 0 Å². The van der Waals surface area contributed by atoms with Gasteiger partial charge in [-0.25, -0.2) is 0 Å². The Bertz CT molecular complexity index is 422. The summed E-state index contributed by atoms with van der Waals surface area (Å²) in [6.07, 6.45) is 0. The van der Waals surface area contributed by atoms with Crippen LogP contribution in [0.5, 0.6) is 5.75 Å². The number of hydrogen-bond donors (Lipinski definition) is 1. The van der Waals surface area contributed by atoms with E-state index in [-0.39, 0.29) is 0 Å². The van der Waals surface area contributed by atoms with Gasteiger partial charge in [-0.05, 0) is 36.9 Å². The molecule has 20 heavy (non-hydrogen) atoms. The van der Waals surface area contributed by atoms with E-state index in [0.717, 1.165) is 45.0 Å². The first-order chi connectivity index (χ1) is 9.72. The zero-order chi connectivity index (χ0) is 14.4. The third-order valence-electron chi connectivity index (χ3n) is 3.68. The lowest BCUT2D eigenvalue weighted by atomic mass is 10.2. The Morgan fingerprint density at radius 3 is 2.40 bits per heavy atom. The Kier molecular flexibility index (Phi) is 5.44. The molecule has 1 aliphatic heterocycles. The monoisotopic (exact) mass is 275 g/mol. The topological polar surface area (TPSA) is 27.7 Å². The highest BCUT2D eigenvalue weighted by atomic mass is 16.5. The highest BCUT2D eigenvalue weighted by molar-refractivity contribution is 5.49. The van der Waals surface area contributed by atoms with Crippen LogP contribution in [0.15, 0.2) is 36.4 Å². The fourth-order valence-corrected chi connectivity index (χ4v) is 2.58. The van der Waals surface area contributed by atoms with Crippen LogP contribution in [0.3, 0.4) is 0 Å². The molecule has 1 saturated heterocycles. The Morgan fingerprint density at radius 2 is 1.85 bits per heavy atom. The third kappa shape index (κ3) is 3.99. The molecule has 0 aromatic heterocycles. The van der Waals surface area contributed by atoms with Crippen molar-refractivity contribution < 1.29 is 4.74 Å². The van der Waals surface area contributed by atoms with E-state index in [1.165, 1.54) is 11.3 Å². The molecule has 110 valence electrons. The van der Waals surface area contributed by atoms with Crippen molar-refractivity contribution in [2.45, 2.75) is 0 Å². The zero-order valence-corrected chi connectivity index (χ0v) is 12.6. The molecule has 0 atom stereocenters. The first-order valence-electron chi connectivity index (χ1n) is 7.15. The molecule has 1 N–H and O–H groups in total. The largest absolute Gasteiger partial charge is 0.497 e. The van der Waals surface area contributed by atoms with Crippen LogP contribution < -0.4 is 15.0 Å². The standard InChI is InChI=1S/C16H25N3O/c1-14(12-17-2)13-18-8-10-19(11-9-18)15-4-6-16(20-3)7-5-15/h4-7,17H,1,8-13H2,2-3H3. The van der Waals surface area contributed by atoms with E-state index in [1.807, 2.05) is 19.2 Å². The molecular weight excluding hydrogens is 250 g/mol. The van der Waals surface area contributed by atoms with Gasteiger partial charge in [-0.2, -0.15) is 0 Å². The number of methoxy groups -OCH3 is 1. The molecule has 0 aliphatic carbocycles. The van der Waals surface area contributed by atoms with Crippen molar-refractivity contribution in [2.75, 3.05) is 58.3 Å². The van der Waals surface area contributed by atoms with Gasteiger partial charge in [0.2, 0.25) is 0 Å². The number of nitrogens with one attached hydrogen (secondary N) is 1. The summed E-state index contributed by atoms with van der Waals surface area (Å²) in [5.74, 6) is 0.913. The SMILES string of the molecule is C=C(CNC)CN1CCN(c2ccc(OC)cc2)CC1. The summed E-state index contributed by atoms with van der Waals surface area (Å²) in [6, 6.07) is 8.32. The van der Waals surface area contributed by atoms with Crippen LogP contribution in [0, 0.1) is 0 Å². The van der Waals surface area contributed by atoms with E-state index < -0.39 is 0 Å². The van der Waals surface area contributed by atoms with Gasteiger partial charge in [0.1, 0.15) is 5.75 Å². The first kappa shape index (κ1) is 14.9. The lowest BCUT2D eigenvalue weighted by Gasteiger charge is -2.36. The number of hydrogen-bond acceptors (Lipinski definition) is 4. The van der Waals surface area contributed by atoms with Crippen molar-refractivity contribution in [2.24, 2.45) is 0 Å². The van der Waals surface area contributed by atoms with Crippen LogP contribution in [-0.2, 0) is 0 Å². The summed E-state index contributed by atoms with van der Waals surface area (Å²) in [5.41, 5.74) is 2.53. The summed E-state index contributed by atoms with van der Waals surface area (Å²) in [5, 5.41) is 3.15. The third-order valence-corrected chi connectivity index (χ3v) is 3.68. The highest BCUT2D eigenvalue weighted by Crippen LogP contribution is 2.20. The molecule has 1 aliphatic rings. The number of likely N-dealkylation sites (N-methyl/N-ethyl adjacent to an activating group) is 1. The number of nitrogens with zero attached hydrogens (tertiary/aromatic N) is 2. The minimum absolute atomic E-state index is 0.901. The van der Waals surface area contributed by atoms with Crippen molar-refractivity contribution in [3.63, 3.8) is 0 Å². The van der Waals surface area contributed by atoms with E-state index in [0.29, 0.717) is 0 Å². The number of rotatable bonds is 6.